The number of nitrogens with zero attached hydrogens (tertiary/aromatic N) is 1. The molecule has 3 rings (SSSR count). The van der Waals surface area contributed by atoms with Gasteiger partial charge in [0.25, 0.3) is 0 Å². The van der Waals surface area contributed by atoms with Crippen molar-refractivity contribution in [3.05, 3.63) is 35.5 Å². The summed E-state index contributed by atoms with van der Waals surface area (Å²) in [5.41, 5.74) is 0.794. The van der Waals surface area contributed by atoms with E-state index >= 15 is 0 Å². The smallest absolute Gasteiger partial charge is 0.407 e. The van der Waals surface area contributed by atoms with Gasteiger partial charge < -0.3 is 14.6 Å². The van der Waals surface area contributed by atoms with Crippen molar-refractivity contribution in [2.24, 2.45) is 0 Å². The van der Waals surface area contributed by atoms with Crippen LogP contribution in [-0.2, 0) is 17.7 Å². The van der Waals surface area contributed by atoms with Crippen molar-refractivity contribution < 1.29 is 18.3 Å². The van der Waals surface area contributed by atoms with E-state index in [-0.39, 0.29) is 11.4 Å². The zero-order chi connectivity index (χ0) is 16.1. The first-order valence-electron chi connectivity index (χ1n) is 7.19. The van der Waals surface area contributed by atoms with E-state index in [1.54, 1.807) is 25.3 Å². The first-order chi connectivity index (χ1) is 10.2. The summed E-state index contributed by atoms with van der Waals surface area (Å²) in [6, 6.07) is 2.33. The third kappa shape index (κ3) is 2.77. The molecule has 0 aliphatic carbocycles. The topological polar surface area (TPSA) is 43.3 Å². The van der Waals surface area contributed by atoms with Crippen LogP contribution in [0.1, 0.15) is 26.3 Å². The molecule has 1 aromatic carbocycles. The fourth-order valence-corrected chi connectivity index (χ4v) is 2.89. The SMILES string of the molecule is CC(C)(C)OC(=O)NC1Cc2cc(F)cc3c(F)cn(c23)C1. The molecule has 2 heterocycles. The van der Waals surface area contributed by atoms with Gasteiger partial charge >= 0.3 is 6.09 Å². The summed E-state index contributed by atoms with van der Waals surface area (Å²) in [4.78, 5) is 11.9. The van der Waals surface area contributed by atoms with Gasteiger partial charge in [0.1, 0.15) is 17.2 Å². The maximum Gasteiger partial charge on any atom is 0.407 e. The molecule has 0 radical (unpaired) electrons. The Labute approximate surface area is 127 Å². The molecule has 1 N–H and O–H groups in total. The Kier molecular flexibility index (Phi) is 3.34. The van der Waals surface area contributed by atoms with Crippen LogP contribution in [0.25, 0.3) is 10.9 Å². The van der Waals surface area contributed by atoms with Gasteiger partial charge in [0.15, 0.2) is 0 Å². The second kappa shape index (κ2) is 4.97. The highest BCUT2D eigenvalue weighted by Gasteiger charge is 2.26. The van der Waals surface area contributed by atoms with Crippen molar-refractivity contribution in [2.45, 2.75) is 45.4 Å². The molecule has 2 aromatic rings. The number of ether oxygens (including phenoxy) is 1. The van der Waals surface area contributed by atoms with E-state index in [2.05, 4.69) is 5.32 Å². The normalized spacial score (nSPS) is 17.6. The lowest BCUT2D eigenvalue weighted by Crippen LogP contribution is -2.43. The maximum absolute atomic E-state index is 13.9. The molecule has 0 saturated carbocycles. The standard InChI is InChI=1S/C16H18F2N2O2/c1-16(2,3)22-15(21)19-11-5-9-4-10(17)6-12-13(18)8-20(7-11)14(9)12/h4,6,8,11H,5,7H2,1-3H3,(H,19,21). The van der Waals surface area contributed by atoms with Crippen molar-refractivity contribution >= 4 is 17.0 Å². The maximum atomic E-state index is 13.9. The number of alkyl carbamates (subject to hydrolysis) is 1. The summed E-state index contributed by atoms with van der Waals surface area (Å²) >= 11 is 0. The minimum atomic E-state index is -0.588. The van der Waals surface area contributed by atoms with Crippen molar-refractivity contribution in [1.29, 1.82) is 0 Å². The quantitative estimate of drug-likeness (QED) is 0.878. The number of hydrogen-bond acceptors (Lipinski definition) is 2. The molecule has 1 aliphatic rings. The largest absolute Gasteiger partial charge is 0.444 e. The number of hydrogen-bond donors (Lipinski definition) is 1. The number of nitrogens with one attached hydrogen (secondary N) is 1. The van der Waals surface area contributed by atoms with Gasteiger partial charge in [-0.25, -0.2) is 13.6 Å². The third-order valence-corrected chi connectivity index (χ3v) is 3.57. The van der Waals surface area contributed by atoms with E-state index in [4.69, 9.17) is 4.74 Å². The minimum Gasteiger partial charge on any atom is -0.444 e. The van der Waals surface area contributed by atoms with Crippen LogP contribution in [0.3, 0.4) is 0 Å². The molecule has 0 bridgehead atoms. The van der Waals surface area contributed by atoms with Crippen LogP contribution in [-0.4, -0.2) is 22.3 Å². The van der Waals surface area contributed by atoms with Crippen molar-refractivity contribution in [1.82, 2.24) is 9.88 Å². The Morgan fingerprint density at radius 2 is 2.09 bits per heavy atom. The Hall–Kier alpha value is -2.11. The monoisotopic (exact) mass is 308 g/mol. The summed E-state index contributed by atoms with van der Waals surface area (Å²) in [6.45, 7) is 5.77. The van der Waals surface area contributed by atoms with E-state index in [0.29, 0.717) is 24.0 Å². The molecular weight excluding hydrogens is 290 g/mol. The highest BCUT2D eigenvalue weighted by molar-refractivity contribution is 5.85. The van der Waals surface area contributed by atoms with Gasteiger partial charge in [0.2, 0.25) is 0 Å². The Bertz CT molecular complexity index is 747. The second-order valence-electron chi connectivity index (χ2n) is 6.64. The Morgan fingerprint density at radius 1 is 1.36 bits per heavy atom. The average Bonchev–Trinajstić information content (AvgIpc) is 2.63. The molecule has 6 heteroatoms. The van der Waals surface area contributed by atoms with Crippen molar-refractivity contribution in [2.75, 3.05) is 0 Å². The fourth-order valence-electron chi connectivity index (χ4n) is 2.89. The predicted octanol–water partition coefficient (Wildman–Crippen LogP) is 3.37. The van der Waals surface area contributed by atoms with Crippen LogP contribution in [0.15, 0.2) is 18.3 Å². The number of benzene rings is 1. The first-order valence-corrected chi connectivity index (χ1v) is 7.19. The molecule has 1 unspecified atom stereocenters. The van der Waals surface area contributed by atoms with E-state index in [1.165, 1.54) is 18.3 Å². The minimum absolute atomic E-state index is 0.265. The molecule has 0 fully saturated rings. The zero-order valence-electron chi connectivity index (χ0n) is 12.7. The molecule has 0 spiro atoms. The number of carbonyl (C=O) groups is 1. The van der Waals surface area contributed by atoms with Gasteiger partial charge in [-0.1, -0.05) is 0 Å². The molecular formula is C16H18F2N2O2. The van der Waals surface area contributed by atoms with Crippen LogP contribution in [0.2, 0.25) is 0 Å². The molecule has 22 heavy (non-hydrogen) atoms. The number of amides is 1. The summed E-state index contributed by atoms with van der Waals surface area (Å²) < 4.78 is 34.5. The van der Waals surface area contributed by atoms with Gasteiger partial charge in [0, 0.05) is 18.1 Å². The lowest BCUT2D eigenvalue weighted by atomic mass is 10.00. The molecule has 4 nitrogen and oxygen atoms in total. The Morgan fingerprint density at radius 3 is 2.77 bits per heavy atom. The average molecular weight is 308 g/mol. The molecule has 0 saturated heterocycles. The van der Waals surface area contributed by atoms with E-state index in [9.17, 15) is 13.6 Å². The summed E-state index contributed by atoms with van der Waals surface area (Å²) in [5.74, 6) is -0.925. The number of rotatable bonds is 1. The van der Waals surface area contributed by atoms with Gasteiger partial charge in [0.05, 0.1) is 11.6 Å². The summed E-state index contributed by atoms with van der Waals surface area (Å²) in [6.07, 6.45) is 1.26. The zero-order valence-corrected chi connectivity index (χ0v) is 12.7. The number of aromatic nitrogens is 1. The lowest BCUT2D eigenvalue weighted by molar-refractivity contribution is 0.0498. The van der Waals surface area contributed by atoms with E-state index in [1.807, 2.05) is 0 Å². The highest BCUT2D eigenvalue weighted by atomic mass is 19.1. The third-order valence-electron chi connectivity index (χ3n) is 3.57. The molecule has 1 atom stereocenters. The summed E-state index contributed by atoms with van der Waals surface area (Å²) in [7, 11) is 0. The first kappa shape index (κ1) is 14.8. The van der Waals surface area contributed by atoms with Gasteiger partial charge in [-0.15, -0.1) is 0 Å². The van der Waals surface area contributed by atoms with Gasteiger partial charge in [-0.05, 0) is 44.9 Å². The van der Waals surface area contributed by atoms with Crippen molar-refractivity contribution in [3.8, 4) is 0 Å². The molecule has 118 valence electrons. The Balaban J connectivity index is 1.84. The number of carbonyl (C=O) groups excluding carboxylic acids is 1. The van der Waals surface area contributed by atoms with Crippen LogP contribution < -0.4 is 5.32 Å². The lowest BCUT2D eigenvalue weighted by Gasteiger charge is -2.27. The van der Waals surface area contributed by atoms with E-state index in [0.717, 1.165) is 0 Å². The van der Waals surface area contributed by atoms with Crippen LogP contribution in [0, 0.1) is 11.6 Å². The second-order valence-corrected chi connectivity index (χ2v) is 6.64. The highest BCUT2D eigenvalue weighted by Crippen LogP contribution is 2.29. The van der Waals surface area contributed by atoms with Crippen LogP contribution >= 0.6 is 0 Å². The van der Waals surface area contributed by atoms with Gasteiger partial charge in [-0.2, -0.15) is 0 Å². The fraction of sp³-hybridized carbons (Fsp3) is 0.438. The number of halogens is 2. The van der Waals surface area contributed by atoms with E-state index < -0.39 is 23.3 Å². The predicted molar refractivity (Wildman–Crippen MR) is 78.7 cm³/mol. The summed E-state index contributed by atoms with van der Waals surface area (Å²) in [5, 5.41) is 3.04. The van der Waals surface area contributed by atoms with Crippen molar-refractivity contribution in [3.63, 3.8) is 0 Å². The molecule has 1 amide bonds. The van der Waals surface area contributed by atoms with Crippen LogP contribution in [0.4, 0.5) is 13.6 Å². The van der Waals surface area contributed by atoms with Gasteiger partial charge in [-0.3, -0.25) is 0 Å². The molecule has 1 aliphatic heterocycles. The van der Waals surface area contributed by atoms with Crippen LogP contribution in [0.5, 0.6) is 0 Å². The molecule has 1 aromatic heterocycles.